The molecule has 2 aromatic rings. The molecule has 7 nitrogen and oxygen atoms in total. The van der Waals surface area contributed by atoms with Crippen LogP contribution in [0.25, 0.3) is 0 Å². The number of benzene rings is 2. The summed E-state index contributed by atoms with van der Waals surface area (Å²) in [5.74, 6) is 0.762. The van der Waals surface area contributed by atoms with Gasteiger partial charge in [-0.05, 0) is 38.1 Å². The summed E-state index contributed by atoms with van der Waals surface area (Å²) in [7, 11) is 3.06. The molecule has 2 amide bonds. The van der Waals surface area contributed by atoms with Crippen molar-refractivity contribution in [3.63, 3.8) is 0 Å². The maximum atomic E-state index is 13.4. The maximum absolute atomic E-state index is 13.4. The molecule has 2 fully saturated rings. The molecule has 0 aliphatic carbocycles. The Hall–Kier alpha value is -3.35. The molecular weight excluding hydrogens is 408 g/mol. The van der Waals surface area contributed by atoms with Crippen molar-refractivity contribution < 1.29 is 23.9 Å². The summed E-state index contributed by atoms with van der Waals surface area (Å²) in [6.07, 6.45) is 0. The Labute approximate surface area is 187 Å². The van der Waals surface area contributed by atoms with E-state index in [-0.39, 0.29) is 43.8 Å². The predicted molar refractivity (Wildman–Crippen MR) is 119 cm³/mol. The van der Waals surface area contributed by atoms with Gasteiger partial charge in [0.05, 0.1) is 36.2 Å². The molecule has 0 spiro atoms. The molecule has 168 valence electrons. The summed E-state index contributed by atoms with van der Waals surface area (Å²) in [4.78, 5) is 43.6. The molecule has 4 rings (SSSR count). The number of para-hydroxylation sites is 2. The molecule has 2 aromatic carbocycles. The van der Waals surface area contributed by atoms with E-state index < -0.39 is 10.8 Å². The van der Waals surface area contributed by atoms with E-state index in [2.05, 4.69) is 0 Å². The third-order valence-corrected chi connectivity index (χ3v) is 6.50. The van der Waals surface area contributed by atoms with Gasteiger partial charge in [0.1, 0.15) is 11.5 Å². The minimum Gasteiger partial charge on any atom is -0.496 e. The third kappa shape index (κ3) is 3.51. The second-order valence-electron chi connectivity index (χ2n) is 9.17. The maximum Gasteiger partial charge on any atom is 0.257 e. The van der Waals surface area contributed by atoms with E-state index in [4.69, 9.17) is 9.47 Å². The van der Waals surface area contributed by atoms with Gasteiger partial charge in [0.15, 0.2) is 5.78 Å². The molecule has 7 heteroatoms. The van der Waals surface area contributed by atoms with Gasteiger partial charge < -0.3 is 19.3 Å². The number of carbonyl (C=O) groups is 3. The molecule has 2 saturated heterocycles. The number of hydrogen-bond donors (Lipinski definition) is 0. The Morgan fingerprint density at radius 1 is 0.719 bits per heavy atom. The number of rotatable bonds is 4. The van der Waals surface area contributed by atoms with Crippen molar-refractivity contribution in [2.45, 2.75) is 13.8 Å². The van der Waals surface area contributed by atoms with Gasteiger partial charge in [0, 0.05) is 26.2 Å². The average molecular weight is 437 g/mol. The second-order valence-corrected chi connectivity index (χ2v) is 9.17. The van der Waals surface area contributed by atoms with E-state index in [0.717, 1.165) is 0 Å². The summed E-state index contributed by atoms with van der Waals surface area (Å²) in [6, 6.07) is 14.2. The van der Waals surface area contributed by atoms with E-state index in [1.54, 1.807) is 46.2 Å². The Balaban J connectivity index is 1.63. The van der Waals surface area contributed by atoms with Crippen molar-refractivity contribution in [3.05, 3.63) is 59.7 Å². The Morgan fingerprint density at radius 3 is 1.41 bits per heavy atom. The highest BCUT2D eigenvalue weighted by Gasteiger charge is 2.57. The Kier molecular flexibility index (Phi) is 5.44. The summed E-state index contributed by atoms with van der Waals surface area (Å²) in [5, 5.41) is 0. The SMILES string of the molecule is COc1ccccc1C(=O)N1CC2(C)CN(C(=O)c3ccccc3OC)CC(C)(C1)C2=O. The highest BCUT2D eigenvalue weighted by molar-refractivity contribution is 6.02. The van der Waals surface area contributed by atoms with Gasteiger partial charge in [0.2, 0.25) is 0 Å². The van der Waals surface area contributed by atoms with Crippen LogP contribution >= 0.6 is 0 Å². The van der Waals surface area contributed by atoms with E-state index in [1.165, 1.54) is 14.2 Å². The lowest BCUT2D eigenvalue weighted by Crippen LogP contribution is -2.69. The van der Waals surface area contributed by atoms with Crippen molar-refractivity contribution in [3.8, 4) is 11.5 Å². The van der Waals surface area contributed by atoms with Gasteiger partial charge in [-0.15, -0.1) is 0 Å². The molecule has 2 aliphatic heterocycles. The number of piperidine rings is 2. The lowest BCUT2D eigenvalue weighted by atomic mass is 9.64. The van der Waals surface area contributed by atoms with Gasteiger partial charge in [-0.3, -0.25) is 14.4 Å². The second kappa shape index (κ2) is 7.97. The lowest BCUT2D eigenvalue weighted by molar-refractivity contribution is -0.153. The van der Waals surface area contributed by atoms with Crippen LogP contribution in [0.4, 0.5) is 0 Å². The van der Waals surface area contributed by atoms with E-state index in [1.807, 2.05) is 26.0 Å². The molecule has 0 atom stereocenters. The normalized spacial score (nSPS) is 24.8. The molecule has 2 aliphatic rings. The molecule has 2 heterocycles. The van der Waals surface area contributed by atoms with E-state index >= 15 is 0 Å². The summed E-state index contributed by atoms with van der Waals surface area (Å²) in [6.45, 7) is 4.66. The van der Waals surface area contributed by atoms with Crippen LogP contribution in [-0.4, -0.2) is 67.8 Å². The zero-order valence-electron chi connectivity index (χ0n) is 18.9. The van der Waals surface area contributed by atoms with Crippen LogP contribution < -0.4 is 9.47 Å². The quantitative estimate of drug-likeness (QED) is 0.737. The first kappa shape index (κ1) is 21.9. The Morgan fingerprint density at radius 2 is 1.06 bits per heavy atom. The summed E-state index contributed by atoms with van der Waals surface area (Å²) >= 11 is 0. The number of ether oxygens (including phenoxy) is 2. The number of Topliss-reactive ketones (excluding diaryl/α,β-unsaturated/α-hetero) is 1. The first-order chi connectivity index (χ1) is 15.2. The molecule has 2 bridgehead atoms. The molecule has 0 unspecified atom stereocenters. The summed E-state index contributed by atoms with van der Waals surface area (Å²) in [5.41, 5.74) is -0.783. The lowest BCUT2D eigenvalue weighted by Gasteiger charge is -2.55. The van der Waals surface area contributed by atoms with Crippen LogP contribution in [0.2, 0.25) is 0 Å². The van der Waals surface area contributed by atoms with Gasteiger partial charge in [-0.2, -0.15) is 0 Å². The van der Waals surface area contributed by atoms with Gasteiger partial charge in [0.25, 0.3) is 11.8 Å². The Bertz CT molecular complexity index is 984. The van der Waals surface area contributed by atoms with Crippen LogP contribution in [0.5, 0.6) is 11.5 Å². The number of fused-ring (bicyclic) bond motifs is 2. The van der Waals surface area contributed by atoms with Gasteiger partial charge in [-0.1, -0.05) is 24.3 Å². The third-order valence-electron chi connectivity index (χ3n) is 6.50. The minimum atomic E-state index is -0.861. The van der Waals surface area contributed by atoms with Crippen molar-refractivity contribution in [1.29, 1.82) is 0 Å². The van der Waals surface area contributed by atoms with Crippen LogP contribution in [0, 0.1) is 10.8 Å². The zero-order valence-corrected chi connectivity index (χ0v) is 18.9. The highest BCUT2D eigenvalue weighted by atomic mass is 16.5. The standard InChI is InChI=1S/C25H28N2O5/c1-24-13-26(21(28)17-9-5-7-11-19(17)31-3)15-25(2,23(24)30)16-27(14-24)22(29)18-10-6-8-12-20(18)32-4/h5-12H,13-16H2,1-4H3. The van der Waals surface area contributed by atoms with Crippen LogP contribution in [0.15, 0.2) is 48.5 Å². The average Bonchev–Trinajstić information content (AvgIpc) is 2.79. The monoisotopic (exact) mass is 436 g/mol. The number of amides is 2. The molecule has 0 N–H and O–H groups in total. The molecule has 32 heavy (non-hydrogen) atoms. The number of ketones is 1. The van der Waals surface area contributed by atoms with Crippen molar-refractivity contribution in [2.75, 3.05) is 40.4 Å². The van der Waals surface area contributed by atoms with E-state index in [0.29, 0.717) is 22.6 Å². The predicted octanol–water partition coefficient (Wildman–Crippen LogP) is 2.90. The fourth-order valence-electron chi connectivity index (χ4n) is 5.18. The fourth-order valence-corrected chi connectivity index (χ4v) is 5.18. The number of carbonyl (C=O) groups excluding carboxylic acids is 3. The fraction of sp³-hybridized carbons (Fsp3) is 0.400. The first-order valence-electron chi connectivity index (χ1n) is 10.6. The highest BCUT2D eigenvalue weighted by Crippen LogP contribution is 2.43. The zero-order chi connectivity index (χ0) is 23.1. The smallest absolute Gasteiger partial charge is 0.257 e. The largest absolute Gasteiger partial charge is 0.496 e. The van der Waals surface area contributed by atoms with E-state index in [9.17, 15) is 14.4 Å². The number of methoxy groups -OCH3 is 2. The van der Waals surface area contributed by atoms with Gasteiger partial charge >= 0.3 is 0 Å². The number of likely N-dealkylation sites (tertiary alicyclic amines) is 2. The molecule has 0 saturated carbocycles. The van der Waals surface area contributed by atoms with Crippen LogP contribution in [-0.2, 0) is 4.79 Å². The topological polar surface area (TPSA) is 76.2 Å². The van der Waals surface area contributed by atoms with Crippen LogP contribution in [0.3, 0.4) is 0 Å². The van der Waals surface area contributed by atoms with Crippen molar-refractivity contribution >= 4 is 17.6 Å². The van der Waals surface area contributed by atoms with Crippen molar-refractivity contribution in [2.24, 2.45) is 10.8 Å². The van der Waals surface area contributed by atoms with Gasteiger partial charge in [-0.25, -0.2) is 0 Å². The first-order valence-corrected chi connectivity index (χ1v) is 10.6. The van der Waals surface area contributed by atoms with Crippen molar-refractivity contribution in [1.82, 2.24) is 9.80 Å². The summed E-state index contributed by atoms with van der Waals surface area (Å²) < 4.78 is 10.7. The minimum absolute atomic E-state index is 0.0955. The number of nitrogens with zero attached hydrogens (tertiary/aromatic N) is 2. The molecule has 0 aromatic heterocycles. The molecular formula is C25H28N2O5. The number of hydrogen-bond acceptors (Lipinski definition) is 5. The molecule has 0 radical (unpaired) electrons. The van der Waals surface area contributed by atoms with Crippen LogP contribution in [0.1, 0.15) is 34.6 Å².